The smallest absolute Gasteiger partial charge is 0.251 e. The van der Waals surface area contributed by atoms with Gasteiger partial charge in [-0.05, 0) is 19.1 Å². The molecular formula is C13H16Cl2N2O2. The van der Waals surface area contributed by atoms with Gasteiger partial charge in [0.1, 0.15) is 0 Å². The second-order valence-corrected chi connectivity index (χ2v) is 4.91. The van der Waals surface area contributed by atoms with Crippen LogP contribution in [0, 0.1) is 0 Å². The molecule has 6 heteroatoms. The standard InChI is InChI=1S/C13H16Cl2N2O2/c1-8(2)7-19-4-3-17-13(18)9-5-10(14)12(15)11(16)6-9/h5-6H,1,3-4,7,16H2,2H3,(H,17,18). The van der Waals surface area contributed by atoms with Gasteiger partial charge in [0, 0.05) is 12.1 Å². The van der Waals surface area contributed by atoms with Crippen LogP contribution in [0.5, 0.6) is 0 Å². The van der Waals surface area contributed by atoms with Crippen molar-refractivity contribution < 1.29 is 9.53 Å². The van der Waals surface area contributed by atoms with Crippen molar-refractivity contribution in [1.29, 1.82) is 0 Å². The number of ether oxygens (including phenoxy) is 1. The van der Waals surface area contributed by atoms with E-state index in [-0.39, 0.29) is 21.6 Å². The van der Waals surface area contributed by atoms with Gasteiger partial charge in [0.05, 0.1) is 28.9 Å². The van der Waals surface area contributed by atoms with Crippen molar-refractivity contribution in [2.75, 3.05) is 25.5 Å². The zero-order chi connectivity index (χ0) is 14.4. The van der Waals surface area contributed by atoms with E-state index in [0.29, 0.717) is 25.3 Å². The predicted octanol–water partition coefficient (Wildman–Crippen LogP) is 2.90. The summed E-state index contributed by atoms with van der Waals surface area (Å²) < 4.78 is 5.26. The first kappa shape index (κ1) is 15.8. The van der Waals surface area contributed by atoms with Crippen LogP contribution in [0.2, 0.25) is 10.0 Å². The molecule has 1 rings (SSSR count). The summed E-state index contributed by atoms with van der Waals surface area (Å²) in [5, 5.41) is 3.20. The second kappa shape index (κ2) is 7.38. The van der Waals surface area contributed by atoms with Crippen LogP contribution >= 0.6 is 23.2 Å². The first-order valence-electron chi connectivity index (χ1n) is 5.66. The fraction of sp³-hybridized carbons (Fsp3) is 0.308. The van der Waals surface area contributed by atoms with Gasteiger partial charge >= 0.3 is 0 Å². The van der Waals surface area contributed by atoms with Crippen molar-refractivity contribution in [2.45, 2.75) is 6.92 Å². The summed E-state index contributed by atoms with van der Waals surface area (Å²) in [7, 11) is 0. The first-order valence-corrected chi connectivity index (χ1v) is 6.42. The van der Waals surface area contributed by atoms with E-state index in [2.05, 4.69) is 11.9 Å². The average molecular weight is 303 g/mol. The number of carbonyl (C=O) groups is 1. The molecule has 1 amide bonds. The minimum absolute atomic E-state index is 0.253. The van der Waals surface area contributed by atoms with Crippen molar-refractivity contribution >= 4 is 34.8 Å². The number of halogens is 2. The molecule has 1 aromatic carbocycles. The molecule has 0 atom stereocenters. The van der Waals surface area contributed by atoms with Gasteiger partial charge in [-0.3, -0.25) is 4.79 Å². The number of nitrogens with two attached hydrogens (primary N) is 1. The monoisotopic (exact) mass is 302 g/mol. The number of amides is 1. The highest BCUT2D eigenvalue weighted by molar-refractivity contribution is 6.43. The summed E-state index contributed by atoms with van der Waals surface area (Å²) >= 11 is 11.7. The van der Waals surface area contributed by atoms with E-state index in [1.54, 1.807) is 0 Å². The van der Waals surface area contributed by atoms with Gasteiger partial charge in [-0.15, -0.1) is 0 Å². The SMILES string of the molecule is C=C(C)COCCNC(=O)c1cc(N)c(Cl)c(Cl)c1. The molecule has 0 saturated heterocycles. The van der Waals surface area contributed by atoms with Crippen LogP contribution in [-0.2, 0) is 4.74 Å². The first-order chi connectivity index (χ1) is 8.91. The highest BCUT2D eigenvalue weighted by atomic mass is 35.5. The molecule has 0 fully saturated rings. The lowest BCUT2D eigenvalue weighted by molar-refractivity contribution is 0.0927. The molecule has 1 aromatic rings. The fourth-order valence-electron chi connectivity index (χ4n) is 1.33. The van der Waals surface area contributed by atoms with E-state index in [4.69, 9.17) is 33.7 Å². The topological polar surface area (TPSA) is 64.3 Å². The van der Waals surface area contributed by atoms with Crippen LogP contribution in [0.15, 0.2) is 24.3 Å². The highest BCUT2D eigenvalue weighted by Crippen LogP contribution is 2.29. The third-order valence-electron chi connectivity index (χ3n) is 2.20. The van der Waals surface area contributed by atoms with Gasteiger partial charge in [0.2, 0.25) is 0 Å². The van der Waals surface area contributed by atoms with Gasteiger partial charge in [-0.1, -0.05) is 35.4 Å². The lowest BCUT2D eigenvalue weighted by atomic mass is 10.2. The normalized spacial score (nSPS) is 10.3. The van der Waals surface area contributed by atoms with Gasteiger partial charge in [-0.2, -0.15) is 0 Å². The summed E-state index contributed by atoms with van der Waals surface area (Å²) in [5.41, 5.74) is 7.22. The predicted molar refractivity (Wildman–Crippen MR) is 78.8 cm³/mol. The molecule has 4 nitrogen and oxygen atoms in total. The number of carbonyl (C=O) groups excluding carboxylic acids is 1. The Hall–Kier alpha value is -1.23. The Morgan fingerprint density at radius 2 is 2.16 bits per heavy atom. The number of hydrogen-bond acceptors (Lipinski definition) is 3. The fourth-order valence-corrected chi connectivity index (χ4v) is 1.66. The van der Waals surface area contributed by atoms with Crippen LogP contribution in [0.3, 0.4) is 0 Å². The van der Waals surface area contributed by atoms with Gasteiger partial charge < -0.3 is 15.8 Å². The Morgan fingerprint density at radius 3 is 2.74 bits per heavy atom. The number of rotatable bonds is 6. The molecule has 0 bridgehead atoms. The number of nitrogens with one attached hydrogen (secondary N) is 1. The van der Waals surface area contributed by atoms with Crippen molar-refractivity contribution in [2.24, 2.45) is 0 Å². The average Bonchev–Trinajstić information content (AvgIpc) is 2.34. The molecular weight excluding hydrogens is 287 g/mol. The van der Waals surface area contributed by atoms with Crippen LogP contribution in [0.4, 0.5) is 5.69 Å². The van der Waals surface area contributed by atoms with Gasteiger partial charge in [0.25, 0.3) is 5.91 Å². The summed E-state index contributed by atoms with van der Waals surface area (Å²) in [4.78, 5) is 11.8. The minimum Gasteiger partial charge on any atom is -0.397 e. The minimum atomic E-state index is -0.274. The van der Waals surface area contributed by atoms with E-state index >= 15 is 0 Å². The lowest BCUT2D eigenvalue weighted by Crippen LogP contribution is -2.27. The van der Waals surface area contributed by atoms with E-state index < -0.39 is 0 Å². The summed E-state index contributed by atoms with van der Waals surface area (Å²) in [6.45, 7) is 6.87. The van der Waals surface area contributed by atoms with Gasteiger partial charge in [0.15, 0.2) is 0 Å². The molecule has 0 spiro atoms. The van der Waals surface area contributed by atoms with Gasteiger partial charge in [-0.25, -0.2) is 0 Å². The van der Waals surface area contributed by atoms with Crippen LogP contribution in [-0.4, -0.2) is 25.7 Å². The summed E-state index contributed by atoms with van der Waals surface area (Å²) in [5.74, 6) is -0.274. The third-order valence-corrected chi connectivity index (χ3v) is 3.02. The lowest BCUT2D eigenvalue weighted by Gasteiger charge is -2.08. The van der Waals surface area contributed by atoms with E-state index in [1.807, 2.05) is 6.92 Å². The number of nitrogen functional groups attached to an aromatic ring is 1. The molecule has 0 saturated carbocycles. The zero-order valence-corrected chi connectivity index (χ0v) is 12.1. The quantitative estimate of drug-likeness (QED) is 0.482. The molecule has 0 aliphatic heterocycles. The molecule has 0 unspecified atom stereocenters. The Labute approximate surface area is 122 Å². The Kier molecular flexibility index (Phi) is 6.15. The molecule has 0 heterocycles. The summed E-state index contributed by atoms with van der Waals surface area (Å²) in [6, 6.07) is 2.96. The molecule has 0 radical (unpaired) electrons. The second-order valence-electron chi connectivity index (χ2n) is 4.13. The Bertz CT molecular complexity index is 467. The maximum Gasteiger partial charge on any atom is 0.251 e. The van der Waals surface area contributed by atoms with E-state index in [9.17, 15) is 4.79 Å². The number of anilines is 1. The molecule has 0 aliphatic rings. The number of benzene rings is 1. The van der Waals surface area contributed by atoms with Crippen LogP contribution < -0.4 is 11.1 Å². The van der Waals surface area contributed by atoms with Crippen molar-refractivity contribution in [1.82, 2.24) is 5.32 Å². The maximum absolute atomic E-state index is 11.8. The zero-order valence-electron chi connectivity index (χ0n) is 10.6. The van der Waals surface area contributed by atoms with Crippen LogP contribution in [0.25, 0.3) is 0 Å². The van der Waals surface area contributed by atoms with Crippen molar-refractivity contribution in [3.05, 3.63) is 39.9 Å². The third kappa shape index (κ3) is 5.11. The molecule has 104 valence electrons. The maximum atomic E-state index is 11.8. The molecule has 19 heavy (non-hydrogen) atoms. The van der Waals surface area contributed by atoms with Crippen molar-refractivity contribution in [3.8, 4) is 0 Å². The van der Waals surface area contributed by atoms with Crippen LogP contribution in [0.1, 0.15) is 17.3 Å². The Balaban J connectivity index is 2.48. The van der Waals surface area contributed by atoms with E-state index in [0.717, 1.165) is 5.57 Å². The largest absolute Gasteiger partial charge is 0.397 e. The molecule has 0 aliphatic carbocycles. The number of hydrogen-bond donors (Lipinski definition) is 2. The molecule has 0 aromatic heterocycles. The highest BCUT2D eigenvalue weighted by Gasteiger charge is 2.10. The van der Waals surface area contributed by atoms with Crippen molar-refractivity contribution in [3.63, 3.8) is 0 Å². The summed E-state index contributed by atoms with van der Waals surface area (Å²) in [6.07, 6.45) is 0. The Morgan fingerprint density at radius 1 is 1.47 bits per heavy atom. The molecule has 3 N–H and O–H groups in total. The van der Waals surface area contributed by atoms with E-state index in [1.165, 1.54) is 12.1 Å².